The van der Waals surface area contributed by atoms with Crippen molar-refractivity contribution < 1.29 is 14.3 Å². The summed E-state index contributed by atoms with van der Waals surface area (Å²) in [6.07, 6.45) is 0. The minimum atomic E-state index is -0.318. The summed E-state index contributed by atoms with van der Waals surface area (Å²) in [7, 11) is 0. The first-order valence-electron chi connectivity index (χ1n) is 8.29. The Labute approximate surface area is 153 Å². The number of hydrogen-bond donors (Lipinski definition) is 1. The van der Waals surface area contributed by atoms with Gasteiger partial charge in [-0.3, -0.25) is 4.79 Å². The Hall–Kier alpha value is -2.11. The van der Waals surface area contributed by atoms with Gasteiger partial charge in [0, 0.05) is 12.6 Å². The van der Waals surface area contributed by atoms with Crippen LogP contribution in [0.4, 0.5) is 0 Å². The van der Waals surface area contributed by atoms with E-state index in [0.717, 1.165) is 5.56 Å². The number of pyridine rings is 1. The lowest BCUT2D eigenvalue weighted by molar-refractivity contribution is 0.0840. The molecule has 1 aromatic heterocycles. The smallest absolute Gasteiger partial charge is 0.271 e. The van der Waals surface area contributed by atoms with Gasteiger partial charge < -0.3 is 14.8 Å². The Kier molecular flexibility index (Phi) is 7.70. The van der Waals surface area contributed by atoms with Crippen LogP contribution in [-0.2, 0) is 11.3 Å². The zero-order valence-electron chi connectivity index (χ0n) is 14.5. The summed E-state index contributed by atoms with van der Waals surface area (Å²) in [6.45, 7) is 5.93. The average molecular weight is 363 g/mol. The van der Waals surface area contributed by atoms with Gasteiger partial charge in [0.15, 0.2) is 5.69 Å². The van der Waals surface area contributed by atoms with Crippen molar-refractivity contribution in [3.05, 3.63) is 58.7 Å². The van der Waals surface area contributed by atoms with Crippen molar-refractivity contribution in [3.63, 3.8) is 0 Å². The molecule has 1 aromatic carbocycles. The molecular formula is C19H23ClN2O3. The van der Waals surface area contributed by atoms with Crippen molar-refractivity contribution in [1.82, 2.24) is 10.3 Å². The molecule has 25 heavy (non-hydrogen) atoms. The first-order valence-corrected chi connectivity index (χ1v) is 8.67. The first-order chi connectivity index (χ1) is 12.1. The van der Waals surface area contributed by atoms with Crippen LogP contribution in [0.3, 0.4) is 0 Å². The highest BCUT2D eigenvalue weighted by atomic mass is 35.5. The number of carbonyl (C=O) groups is 1. The van der Waals surface area contributed by atoms with Crippen LogP contribution in [0.2, 0.25) is 5.02 Å². The van der Waals surface area contributed by atoms with Crippen LogP contribution < -0.4 is 10.1 Å². The van der Waals surface area contributed by atoms with Crippen LogP contribution >= 0.6 is 11.6 Å². The van der Waals surface area contributed by atoms with E-state index in [1.54, 1.807) is 12.1 Å². The highest BCUT2D eigenvalue weighted by Crippen LogP contribution is 2.18. The summed E-state index contributed by atoms with van der Waals surface area (Å²) in [6, 6.07) is 13.2. The number of halogens is 1. The molecule has 1 amide bonds. The summed E-state index contributed by atoms with van der Waals surface area (Å²) in [4.78, 5) is 16.4. The number of nitrogens with one attached hydrogen (secondary N) is 1. The lowest BCUT2D eigenvalue weighted by Crippen LogP contribution is -2.31. The number of nitrogens with zero attached hydrogens (tertiary/aromatic N) is 1. The zero-order chi connectivity index (χ0) is 18.1. The van der Waals surface area contributed by atoms with Gasteiger partial charge in [0.25, 0.3) is 5.91 Å². The molecule has 2 rings (SSSR count). The molecule has 2 aromatic rings. The molecule has 0 saturated heterocycles. The average Bonchev–Trinajstić information content (AvgIpc) is 2.62. The van der Waals surface area contributed by atoms with Gasteiger partial charge in [-0.05, 0) is 24.5 Å². The van der Waals surface area contributed by atoms with E-state index in [-0.39, 0.29) is 17.5 Å². The fraction of sp³-hybridized carbons (Fsp3) is 0.368. The molecule has 0 saturated carbocycles. The molecule has 0 spiro atoms. The fourth-order valence-electron chi connectivity index (χ4n) is 2.17. The van der Waals surface area contributed by atoms with Gasteiger partial charge in [-0.2, -0.15) is 0 Å². The van der Waals surface area contributed by atoms with E-state index in [4.69, 9.17) is 21.1 Å². The fourth-order valence-corrected chi connectivity index (χ4v) is 2.36. The van der Waals surface area contributed by atoms with Gasteiger partial charge >= 0.3 is 0 Å². The molecule has 0 bridgehead atoms. The number of ether oxygens (including phenoxy) is 2. The SMILES string of the molecule is CCOc1ccc(Cl)c(C(=O)NCC(C)COCc2ccccc2)n1. The number of hydrogen-bond acceptors (Lipinski definition) is 4. The maximum atomic E-state index is 12.3. The highest BCUT2D eigenvalue weighted by Gasteiger charge is 2.14. The molecular weight excluding hydrogens is 340 g/mol. The van der Waals surface area contributed by atoms with E-state index >= 15 is 0 Å². The second kappa shape index (κ2) is 10.0. The van der Waals surface area contributed by atoms with Crippen molar-refractivity contribution >= 4 is 17.5 Å². The van der Waals surface area contributed by atoms with Gasteiger partial charge in [-0.25, -0.2) is 4.98 Å². The molecule has 0 aliphatic heterocycles. The van der Waals surface area contributed by atoms with Crippen LogP contribution in [0.25, 0.3) is 0 Å². The van der Waals surface area contributed by atoms with E-state index in [0.29, 0.717) is 37.3 Å². The molecule has 134 valence electrons. The van der Waals surface area contributed by atoms with Crippen molar-refractivity contribution in [2.75, 3.05) is 19.8 Å². The topological polar surface area (TPSA) is 60.5 Å². The Bertz CT molecular complexity index is 680. The Morgan fingerprint density at radius 2 is 2.00 bits per heavy atom. The maximum Gasteiger partial charge on any atom is 0.271 e. The molecule has 1 N–H and O–H groups in total. The van der Waals surface area contributed by atoms with Crippen LogP contribution in [-0.4, -0.2) is 30.6 Å². The van der Waals surface area contributed by atoms with Crippen molar-refractivity contribution in [3.8, 4) is 5.88 Å². The summed E-state index contributed by atoms with van der Waals surface area (Å²) < 4.78 is 11.0. The number of benzene rings is 1. The monoisotopic (exact) mass is 362 g/mol. The van der Waals surface area contributed by atoms with Crippen molar-refractivity contribution in [1.29, 1.82) is 0 Å². The van der Waals surface area contributed by atoms with Crippen LogP contribution in [0.15, 0.2) is 42.5 Å². The quantitative estimate of drug-likeness (QED) is 0.738. The summed E-state index contributed by atoms with van der Waals surface area (Å²) >= 11 is 6.05. The van der Waals surface area contributed by atoms with E-state index < -0.39 is 0 Å². The third-order valence-corrected chi connectivity index (χ3v) is 3.76. The highest BCUT2D eigenvalue weighted by molar-refractivity contribution is 6.33. The van der Waals surface area contributed by atoms with E-state index in [9.17, 15) is 4.79 Å². The Balaban J connectivity index is 1.78. The molecule has 0 aliphatic carbocycles. The standard InChI is InChI=1S/C19H23ClN2O3/c1-3-25-17-10-9-16(20)18(22-17)19(23)21-11-14(2)12-24-13-15-7-5-4-6-8-15/h4-10,14H,3,11-13H2,1-2H3,(H,21,23). The van der Waals surface area contributed by atoms with Crippen LogP contribution in [0.1, 0.15) is 29.9 Å². The van der Waals surface area contributed by atoms with Crippen molar-refractivity contribution in [2.24, 2.45) is 5.92 Å². The van der Waals surface area contributed by atoms with E-state index in [1.807, 2.05) is 44.2 Å². The molecule has 1 unspecified atom stereocenters. The lowest BCUT2D eigenvalue weighted by atomic mass is 10.2. The van der Waals surface area contributed by atoms with Gasteiger partial charge in [0.1, 0.15) is 0 Å². The molecule has 6 heteroatoms. The lowest BCUT2D eigenvalue weighted by Gasteiger charge is -2.14. The third-order valence-electron chi connectivity index (χ3n) is 3.45. The molecule has 0 aliphatic rings. The number of carbonyl (C=O) groups excluding carboxylic acids is 1. The minimum absolute atomic E-state index is 0.168. The molecule has 0 radical (unpaired) electrons. The minimum Gasteiger partial charge on any atom is -0.478 e. The molecule has 5 nitrogen and oxygen atoms in total. The van der Waals surface area contributed by atoms with Gasteiger partial charge in [-0.15, -0.1) is 0 Å². The van der Waals surface area contributed by atoms with Gasteiger partial charge in [0.2, 0.25) is 5.88 Å². The first kappa shape index (κ1) is 19.2. The largest absolute Gasteiger partial charge is 0.478 e. The Morgan fingerprint density at radius 1 is 1.24 bits per heavy atom. The maximum absolute atomic E-state index is 12.3. The van der Waals surface area contributed by atoms with Gasteiger partial charge in [-0.1, -0.05) is 48.9 Å². The van der Waals surface area contributed by atoms with Crippen LogP contribution in [0.5, 0.6) is 5.88 Å². The number of aromatic nitrogens is 1. The normalized spacial score (nSPS) is 11.8. The predicted molar refractivity (Wildman–Crippen MR) is 98.0 cm³/mol. The third kappa shape index (κ3) is 6.36. The second-order valence-corrected chi connectivity index (χ2v) is 6.14. The van der Waals surface area contributed by atoms with Gasteiger partial charge in [0.05, 0.1) is 24.8 Å². The van der Waals surface area contributed by atoms with E-state index in [2.05, 4.69) is 10.3 Å². The molecule has 1 atom stereocenters. The number of amides is 1. The van der Waals surface area contributed by atoms with Crippen LogP contribution in [0, 0.1) is 5.92 Å². The number of rotatable bonds is 9. The van der Waals surface area contributed by atoms with Crippen molar-refractivity contribution in [2.45, 2.75) is 20.5 Å². The predicted octanol–water partition coefficient (Wildman–Crippen LogP) is 3.72. The molecule has 1 heterocycles. The van der Waals surface area contributed by atoms with E-state index in [1.165, 1.54) is 0 Å². The summed E-state index contributed by atoms with van der Waals surface area (Å²) in [5.41, 5.74) is 1.30. The zero-order valence-corrected chi connectivity index (χ0v) is 15.3. The second-order valence-electron chi connectivity index (χ2n) is 5.73. The Morgan fingerprint density at radius 3 is 2.72 bits per heavy atom. The molecule has 0 fully saturated rings. The summed E-state index contributed by atoms with van der Waals surface area (Å²) in [5.74, 6) is 0.235. The summed E-state index contributed by atoms with van der Waals surface area (Å²) in [5, 5.41) is 3.14.